The lowest BCUT2D eigenvalue weighted by Crippen LogP contribution is -2.12. The number of hydrogen-bond acceptors (Lipinski definition) is 1. The zero-order valence-electron chi connectivity index (χ0n) is 30.7. The Kier molecular flexibility index (Phi) is 7.53. The highest BCUT2D eigenvalue weighted by molar-refractivity contribution is 6.14. The van der Waals surface area contributed by atoms with E-state index in [9.17, 15) is 0 Å². The molecular weight excluding hydrogens is 677 g/mol. The minimum Gasteiger partial charge on any atom is -0.310 e. The highest BCUT2D eigenvalue weighted by Crippen LogP contribution is 2.45. The summed E-state index contributed by atoms with van der Waals surface area (Å²) >= 11 is 0. The van der Waals surface area contributed by atoms with Gasteiger partial charge < -0.3 is 9.47 Å². The summed E-state index contributed by atoms with van der Waals surface area (Å²) in [5.41, 5.74) is 11.6. The number of rotatable bonds is 6. The summed E-state index contributed by atoms with van der Waals surface area (Å²) in [6.07, 6.45) is 0. The monoisotopic (exact) mass is 712 g/mol. The summed E-state index contributed by atoms with van der Waals surface area (Å²) in [4.78, 5) is 2.46. The summed E-state index contributed by atoms with van der Waals surface area (Å²) in [5, 5.41) is 9.78. The largest absolute Gasteiger partial charge is 0.310 e. The van der Waals surface area contributed by atoms with Crippen molar-refractivity contribution in [2.24, 2.45) is 0 Å². The van der Waals surface area contributed by atoms with Crippen molar-refractivity contribution in [2.75, 3.05) is 4.90 Å². The molecule has 0 amide bonds. The normalized spacial score (nSPS) is 11.6. The summed E-state index contributed by atoms with van der Waals surface area (Å²) in [6, 6.07) is 79.7. The van der Waals surface area contributed by atoms with Crippen LogP contribution in [0.4, 0.5) is 17.1 Å². The number of fused-ring (bicyclic) bond motifs is 6. The van der Waals surface area contributed by atoms with Gasteiger partial charge in [0.1, 0.15) is 0 Å². The number of anilines is 3. The Bertz CT molecular complexity index is 3230. The van der Waals surface area contributed by atoms with Crippen LogP contribution in [0.25, 0.3) is 82.1 Å². The number of benzene rings is 10. The summed E-state index contributed by atoms with van der Waals surface area (Å²) in [5.74, 6) is 0. The Morgan fingerprint density at radius 3 is 1.59 bits per heavy atom. The first-order valence-electron chi connectivity index (χ1n) is 19.3. The van der Waals surface area contributed by atoms with Crippen LogP contribution in [0.15, 0.2) is 218 Å². The molecule has 0 fully saturated rings. The lowest BCUT2D eigenvalue weighted by Gasteiger charge is -2.29. The molecule has 2 heteroatoms. The average molecular weight is 713 g/mol. The van der Waals surface area contributed by atoms with E-state index in [0.717, 1.165) is 22.7 Å². The second kappa shape index (κ2) is 13.2. The quantitative estimate of drug-likeness (QED) is 0.167. The van der Waals surface area contributed by atoms with Gasteiger partial charge in [-0.2, -0.15) is 0 Å². The minimum atomic E-state index is 1.09. The number of nitrogens with zero attached hydrogens (tertiary/aromatic N) is 2. The van der Waals surface area contributed by atoms with Gasteiger partial charge in [0.15, 0.2) is 0 Å². The maximum absolute atomic E-state index is 2.46. The molecule has 0 saturated carbocycles. The fourth-order valence-electron chi connectivity index (χ4n) is 8.66. The molecule has 56 heavy (non-hydrogen) atoms. The molecule has 0 spiro atoms. The topological polar surface area (TPSA) is 8.17 Å². The summed E-state index contributed by atoms with van der Waals surface area (Å²) < 4.78 is 2.46. The zero-order valence-corrected chi connectivity index (χ0v) is 30.7. The number of hydrogen-bond donors (Lipinski definition) is 0. The second-order valence-electron chi connectivity index (χ2n) is 14.6. The molecule has 1 aromatic heterocycles. The molecule has 0 aliphatic carbocycles. The lowest BCUT2D eigenvalue weighted by molar-refractivity contribution is 1.18. The molecule has 1 heterocycles. The smallest absolute Gasteiger partial charge is 0.0560 e. The van der Waals surface area contributed by atoms with Gasteiger partial charge in [0, 0.05) is 33.2 Å². The molecule has 0 aliphatic rings. The summed E-state index contributed by atoms with van der Waals surface area (Å²) in [6.45, 7) is 0. The molecule has 0 saturated heterocycles. The highest BCUT2D eigenvalue weighted by atomic mass is 15.1. The van der Waals surface area contributed by atoms with Crippen molar-refractivity contribution in [3.63, 3.8) is 0 Å². The van der Waals surface area contributed by atoms with E-state index < -0.39 is 0 Å². The zero-order chi connectivity index (χ0) is 37.0. The van der Waals surface area contributed by atoms with Gasteiger partial charge in [0.05, 0.1) is 16.7 Å². The predicted molar refractivity (Wildman–Crippen MR) is 239 cm³/mol. The van der Waals surface area contributed by atoms with E-state index in [0.29, 0.717) is 0 Å². The predicted octanol–water partition coefficient (Wildman–Crippen LogP) is 15.0. The van der Waals surface area contributed by atoms with Crippen LogP contribution < -0.4 is 4.90 Å². The van der Waals surface area contributed by atoms with E-state index >= 15 is 0 Å². The lowest BCUT2D eigenvalue weighted by atomic mass is 9.96. The maximum Gasteiger partial charge on any atom is 0.0560 e. The first-order valence-corrected chi connectivity index (χ1v) is 19.3. The summed E-state index contributed by atoms with van der Waals surface area (Å²) in [7, 11) is 0. The van der Waals surface area contributed by atoms with Crippen molar-refractivity contribution in [1.29, 1.82) is 0 Å². The van der Waals surface area contributed by atoms with Crippen molar-refractivity contribution >= 4 is 71.2 Å². The molecule has 0 N–H and O–H groups in total. The van der Waals surface area contributed by atoms with Crippen LogP contribution in [0.5, 0.6) is 0 Å². The van der Waals surface area contributed by atoms with Crippen molar-refractivity contribution in [3.05, 3.63) is 218 Å². The van der Waals surface area contributed by atoms with Crippen LogP contribution in [0.2, 0.25) is 0 Å². The van der Waals surface area contributed by atoms with Gasteiger partial charge in [-0.15, -0.1) is 0 Å². The van der Waals surface area contributed by atoms with Gasteiger partial charge in [-0.3, -0.25) is 0 Å². The van der Waals surface area contributed by atoms with E-state index in [1.54, 1.807) is 0 Å². The molecule has 0 atom stereocenters. The molecule has 0 unspecified atom stereocenters. The van der Waals surface area contributed by atoms with Crippen molar-refractivity contribution in [2.45, 2.75) is 0 Å². The minimum absolute atomic E-state index is 1.09. The molecular formula is C54H36N2. The first kappa shape index (κ1) is 32.0. The number of para-hydroxylation sites is 1. The molecule has 10 aromatic carbocycles. The third kappa shape index (κ3) is 5.34. The van der Waals surface area contributed by atoms with Gasteiger partial charge in [-0.25, -0.2) is 0 Å². The third-order valence-electron chi connectivity index (χ3n) is 11.3. The van der Waals surface area contributed by atoms with Gasteiger partial charge in [-0.1, -0.05) is 164 Å². The van der Waals surface area contributed by atoms with Crippen LogP contribution in [-0.4, -0.2) is 4.57 Å². The highest BCUT2D eigenvalue weighted by Gasteiger charge is 2.21. The fraction of sp³-hybridized carbons (Fsp3) is 0. The molecule has 262 valence electrons. The third-order valence-corrected chi connectivity index (χ3v) is 11.3. The van der Waals surface area contributed by atoms with Gasteiger partial charge >= 0.3 is 0 Å². The molecule has 2 nitrogen and oxygen atoms in total. The Hall–Kier alpha value is -7.42. The van der Waals surface area contributed by atoms with E-state index in [1.165, 1.54) is 76.4 Å². The van der Waals surface area contributed by atoms with Crippen LogP contribution in [-0.2, 0) is 0 Å². The molecule has 11 rings (SSSR count). The van der Waals surface area contributed by atoms with E-state index in [4.69, 9.17) is 0 Å². The average Bonchev–Trinajstić information content (AvgIpc) is 3.59. The van der Waals surface area contributed by atoms with Crippen molar-refractivity contribution in [1.82, 2.24) is 4.57 Å². The first-order chi connectivity index (χ1) is 27.8. The van der Waals surface area contributed by atoms with E-state index in [2.05, 4.69) is 228 Å². The maximum atomic E-state index is 2.46. The SMILES string of the molecule is c1ccc(-c2ccc(N(c3cc(-c4ccccc4)c4ccccc4c3)c3cc(-n4c5ccccc5c5cc6ccccc6cc54)cc4ccccc34)cc2)cc1. The standard InChI is InChI=1S/C54H36N2/c1-3-15-37(16-4-1)38-27-29-44(30-28-38)55(45-31-42-21-9-11-23-47(42)50(35-45)39-17-5-2-6-18-39)54-36-46(32-43-22-10-12-24-48(43)54)56-52-26-14-13-25-49(52)51-33-40-19-7-8-20-41(40)34-53(51)56/h1-36H. The van der Waals surface area contributed by atoms with E-state index in [1.807, 2.05) is 0 Å². The Morgan fingerprint density at radius 2 is 0.857 bits per heavy atom. The van der Waals surface area contributed by atoms with Gasteiger partial charge in [0.25, 0.3) is 0 Å². The van der Waals surface area contributed by atoms with Crippen molar-refractivity contribution < 1.29 is 0 Å². The number of aromatic nitrogens is 1. The molecule has 0 aliphatic heterocycles. The van der Waals surface area contributed by atoms with Crippen molar-refractivity contribution in [3.8, 4) is 27.9 Å². The Morgan fingerprint density at radius 1 is 0.304 bits per heavy atom. The molecule has 0 radical (unpaired) electrons. The second-order valence-corrected chi connectivity index (χ2v) is 14.6. The van der Waals surface area contributed by atoms with Crippen LogP contribution in [0.3, 0.4) is 0 Å². The Labute approximate surface area is 325 Å². The van der Waals surface area contributed by atoms with Crippen LogP contribution >= 0.6 is 0 Å². The van der Waals surface area contributed by atoms with E-state index in [-0.39, 0.29) is 0 Å². The fourth-order valence-corrected chi connectivity index (χ4v) is 8.66. The van der Waals surface area contributed by atoms with Gasteiger partial charge in [-0.05, 0) is 104 Å². The Balaban J connectivity index is 1.21. The molecule has 0 bridgehead atoms. The van der Waals surface area contributed by atoms with Gasteiger partial charge in [0.2, 0.25) is 0 Å². The van der Waals surface area contributed by atoms with Crippen LogP contribution in [0.1, 0.15) is 0 Å². The molecule has 11 aromatic rings. The van der Waals surface area contributed by atoms with Crippen LogP contribution in [0, 0.1) is 0 Å².